The van der Waals surface area contributed by atoms with E-state index in [2.05, 4.69) is 25.1 Å². The third kappa shape index (κ3) is 1.32. The Balaban J connectivity index is 2.38. The van der Waals surface area contributed by atoms with Crippen LogP contribution in [0, 0.1) is 6.92 Å². The molecule has 0 saturated heterocycles. The van der Waals surface area contributed by atoms with E-state index in [1.807, 2.05) is 0 Å². The van der Waals surface area contributed by atoms with Crippen molar-refractivity contribution in [3.63, 3.8) is 0 Å². The molecule has 0 atom stereocenters. The summed E-state index contributed by atoms with van der Waals surface area (Å²) in [5.74, 6) is 0.653. The van der Waals surface area contributed by atoms with Crippen LogP contribution < -0.4 is 0 Å². The Morgan fingerprint density at radius 1 is 1.40 bits per heavy atom. The second-order valence-corrected chi connectivity index (χ2v) is 5.28. The molecule has 2 heteroatoms. The molecular formula is C13H12OS. The van der Waals surface area contributed by atoms with E-state index in [0.717, 1.165) is 11.2 Å². The van der Waals surface area contributed by atoms with Crippen molar-refractivity contribution in [1.82, 2.24) is 0 Å². The average Bonchev–Trinajstić information content (AvgIpc) is 3.00. The Bertz CT molecular complexity index is 535. The van der Waals surface area contributed by atoms with Crippen molar-refractivity contribution in [3.8, 4) is 0 Å². The number of rotatable bonds is 2. The Hall–Kier alpha value is -1.15. The first-order valence-corrected chi connectivity index (χ1v) is 6.10. The predicted octanol–water partition coefficient (Wildman–Crippen LogP) is 3.90. The number of thiophene rings is 1. The van der Waals surface area contributed by atoms with Crippen molar-refractivity contribution < 1.29 is 4.79 Å². The Morgan fingerprint density at radius 3 is 2.87 bits per heavy atom. The molecule has 0 bridgehead atoms. The molecule has 2 aromatic rings. The molecule has 1 aromatic heterocycles. The van der Waals surface area contributed by atoms with Crippen LogP contribution in [0.5, 0.6) is 0 Å². The van der Waals surface area contributed by atoms with Gasteiger partial charge in [0, 0.05) is 4.70 Å². The number of carbonyl (C=O) groups excluding carboxylic acids is 1. The molecule has 0 radical (unpaired) electrons. The number of aryl methyl sites for hydroxylation is 1. The van der Waals surface area contributed by atoms with Gasteiger partial charge in [0.25, 0.3) is 0 Å². The molecule has 1 aliphatic carbocycles. The SMILES string of the molecule is Cc1cccc2c(C3CC3)c(C=O)sc12. The summed E-state index contributed by atoms with van der Waals surface area (Å²) in [5.41, 5.74) is 2.60. The largest absolute Gasteiger partial charge is 0.297 e. The van der Waals surface area contributed by atoms with Gasteiger partial charge in [0.2, 0.25) is 0 Å². The van der Waals surface area contributed by atoms with Crippen molar-refractivity contribution >= 4 is 27.7 Å². The van der Waals surface area contributed by atoms with Crippen molar-refractivity contribution in [2.45, 2.75) is 25.7 Å². The molecule has 1 heterocycles. The van der Waals surface area contributed by atoms with Gasteiger partial charge in [-0.3, -0.25) is 4.79 Å². The van der Waals surface area contributed by atoms with Crippen LogP contribution in [0.1, 0.15) is 39.6 Å². The van der Waals surface area contributed by atoms with Gasteiger partial charge in [-0.15, -0.1) is 11.3 Å². The van der Waals surface area contributed by atoms with E-state index in [4.69, 9.17) is 0 Å². The number of aldehydes is 1. The minimum Gasteiger partial charge on any atom is -0.297 e. The smallest absolute Gasteiger partial charge is 0.160 e. The second kappa shape index (κ2) is 3.17. The van der Waals surface area contributed by atoms with E-state index in [-0.39, 0.29) is 0 Å². The fourth-order valence-corrected chi connectivity index (χ4v) is 3.35. The fourth-order valence-electron chi connectivity index (χ4n) is 2.18. The minimum absolute atomic E-state index is 0.653. The standard InChI is InChI=1S/C13H12OS/c1-8-3-2-4-10-12(9-5-6-9)11(7-14)15-13(8)10/h2-4,7,9H,5-6H2,1H3. The monoisotopic (exact) mass is 216 g/mol. The van der Waals surface area contributed by atoms with Gasteiger partial charge >= 0.3 is 0 Å². The molecule has 0 amide bonds. The highest BCUT2D eigenvalue weighted by Crippen LogP contribution is 2.47. The number of benzene rings is 1. The lowest BCUT2D eigenvalue weighted by atomic mass is 10.0. The van der Waals surface area contributed by atoms with E-state index in [1.54, 1.807) is 11.3 Å². The molecule has 0 unspecified atom stereocenters. The molecule has 0 aliphatic heterocycles. The van der Waals surface area contributed by atoms with Gasteiger partial charge in [0.15, 0.2) is 6.29 Å². The van der Waals surface area contributed by atoms with Crippen LogP contribution in [0.4, 0.5) is 0 Å². The first kappa shape index (κ1) is 9.10. The first-order valence-electron chi connectivity index (χ1n) is 5.28. The van der Waals surface area contributed by atoms with Gasteiger partial charge in [0.1, 0.15) is 0 Å². The van der Waals surface area contributed by atoms with Crippen LogP contribution in [0.3, 0.4) is 0 Å². The lowest BCUT2D eigenvalue weighted by Crippen LogP contribution is -1.82. The average molecular weight is 216 g/mol. The van der Waals surface area contributed by atoms with E-state index in [1.165, 1.54) is 34.1 Å². The Morgan fingerprint density at radius 2 is 2.20 bits per heavy atom. The summed E-state index contributed by atoms with van der Waals surface area (Å²) in [7, 11) is 0. The highest BCUT2D eigenvalue weighted by atomic mass is 32.1. The van der Waals surface area contributed by atoms with E-state index >= 15 is 0 Å². The highest BCUT2D eigenvalue weighted by molar-refractivity contribution is 7.21. The summed E-state index contributed by atoms with van der Waals surface area (Å²) < 4.78 is 1.29. The summed E-state index contributed by atoms with van der Waals surface area (Å²) in [4.78, 5) is 12.0. The molecule has 1 saturated carbocycles. The Labute approximate surface area is 92.7 Å². The molecule has 1 nitrogen and oxygen atoms in total. The van der Waals surface area contributed by atoms with Gasteiger partial charge in [-0.1, -0.05) is 18.2 Å². The van der Waals surface area contributed by atoms with Crippen molar-refractivity contribution in [1.29, 1.82) is 0 Å². The van der Waals surface area contributed by atoms with Crippen molar-refractivity contribution in [3.05, 3.63) is 34.2 Å². The van der Waals surface area contributed by atoms with E-state index in [0.29, 0.717) is 5.92 Å². The lowest BCUT2D eigenvalue weighted by molar-refractivity contribution is 0.112. The molecular weight excluding hydrogens is 204 g/mol. The third-order valence-electron chi connectivity index (χ3n) is 3.07. The Kier molecular flexibility index (Phi) is 1.93. The third-order valence-corrected chi connectivity index (χ3v) is 4.35. The first-order chi connectivity index (χ1) is 7.31. The van der Waals surface area contributed by atoms with Crippen molar-refractivity contribution in [2.75, 3.05) is 0 Å². The number of carbonyl (C=O) groups is 1. The summed E-state index contributed by atoms with van der Waals surface area (Å²) in [6.45, 7) is 2.12. The van der Waals surface area contributed by atoms with Crippen LogP contribution in [-0.2, 0) is 0 Å². The van der Waals surface area contributed by atoms with E-state index in [9.17, 15) is 4.79 Å². The van der Waals surface area contributed by atoms with Crippen LogP contribution in [0.25, 0.3) is 10.1 Å². The van der Waals surface area contributed by atoms with Crippen LogP contribution in [0.15, 0.2) is 18.2 Å². The number of hydrogen-bond donors (Lipinski definition) is 0. The zero-order valence-electron chi connectivity index (χ0n) is 8.62. The second-order valence-electron chi connectivity index (χ2n) is 4.22. The van der Waals surface area contributed by atoms with Gasteiger partial charge in [-0.25, -0.2) is 0 Å². The zero-order valence-corrected chi connectivity index (χ0v) is 9.43. The zero-order chi connectivity index (χ0) is 10.4. The van der Waals surface area contributed by atoms with Crippen LogP contribution in [-0.4, -0.2) is 6.29 Å². The van der Waals surface area contributed by atoms with Gasteiger partial charge < -0.3 is 0 Å². The maximum atomic E-state index is 11.1. The van der Waals surface area contributed by atoms with Gasteiger partial charge in [-0.05, 0) is 42.2 Å². The van der Waals surface area contributed by atoms with Crippen molar-refractivity contribution in [2.24, 2.45) is 0 Å². The van der Waals surface area contributed by atoms with Gasteiger partial charge in [-0.2, -0.15) is 0 Å². The maximum absolute atomic E-state index is 11.1. The topological polar surface area (TPSA) is 17.1 Å². The molecule has 0 N–H and O–H groups in total. The quantitative estimate of drug-likeness (QED) is 0.696. The highest BCUT2D eigenvalue weighted by Gasteiger charge is 2.29. The maximum Gasteiger partial charge on any atom is 0.160 e. The fraction of sp³-hybridized carbons (Fsp3) is 0.308. The van der Waals surface area contributed by atoms with Crippen LogP contribution >= 0.6 is 11.3 Å². The molecule has 0 spiro atoms. The molecule has 1 fully saturated rings. The summed E-state index contributed by atoms with van der Waals surface area (Å²) in [5, 5.41) is 1.31. The molecule has 1 aliphatic rings. The van der Waals surface area contributed by atoms with Gasteiger partial charge in [0.05, 0.1) is 4.88 Å². The molecule has 15 heavy (non-hydrogen) atoms. The molecule has 76 valence electrons. The predicted molar refractivity (Wildman–Crippen MR) is 63.9 cm³/mol. The number of hydrogen-bond acceptors (Lipinski definition) is 2. The summed E-state index contributed by atoms with van der Waals surface area (Å²) in [6, 6.07) is 6.36. The summed E-state index contributed by atoms with van der Waals surface area (Å²) >= 11 is 1.65. The lowest BCUT2D eigenvalue weighted by Gasteiger charge is -1.97. The summed E-state index contributed by atoms with van der Waals surface area (Å²) in [6.07, 6.45) is 3.53. The minimum atomic E-state index is 0.653. The number of fused-ring (bicyclic) bond motifs is 1. The molecule has 3 rings (SSSR count). The van der Waals surface area contributed by atoms with E-state index < -0.39 is 0 Å². The van der Waals surface area contributed by atoms with Crippen LogP contribution in [0.2, 0.25) is 0 Å². The normalized spacial score (nSPS) is 15.8. The molecule has 1 aromatic carbocycles.